The molecule has 41 heavy (non-hydrogen) atoms. The molecule has 1 N–H and O–H groups in total. The number of fused-ring (bicyclic) bond motifs is 1. The van der Waals surface area contributed by atoms with E-state index in [1.165, 1.54) is 4.68 Å². The van der Waals surface area contributed by atoms with Gasteiger partial charge in [0, 0.05) is 46.7 Å². The highest BCUT2D eigenvalue weighted by Crippen LogP contribution is 2.54. The van der Waals surface area contributed by atoms with Crippen LogP contribution in [0, 0.1) is 5.41 Å². The molecule has 2 atom stereocenters. The maximum atomic E-state index is 13.6. The number of rotatable bonds is 5. The number of amides is 1. The Morgan fingerprint density at radius 2 is 1.71 bits per heavy atom. The second-order valence-corrected chi connectivity index (χ2v) is 12.7. The first-order chi connectivity index (χ1) is 19.5. The number of aryl methyl sites for hydroxylation is 1. The van der Waals surface area contributed by atoms with E-state index in [0.717, 1.165) is 29.5 Å². The maximum absolute atomic E-state index is 13.6. The first-order valence-corrected chi connectivity index (χ1v) is 14.5. The highest BCUT2D eigenvalue weighted by atomic mass is 35.5. The summed E-state index contributed by atoms with van der Waals surface area (Å²) in [5, 5.41) is 9.52. The minimum atomic E-state index is -0.548. The topological polar surface area (TPSA) is 93.8 Å². The minimum Gasteiger partial charge on any atom is -0.444 e. The van der Waals surface area contributed by atoms with Gasteiger partial charge in [-0.2, -0.15) is 0 Å². The van der Waals surface area contributed by atoms with E-state index in [1.807, 2.05) is 76.2 Å². The molecule has 1 aliphatic heterocycles. The molecule has 214 valence electrons. The molecule has 2 aromatic carbocycles. The van der Waals surface area contributed by atoms with E-state index in [1.54, 1.807) is 9.30 Å². The summed E-state index contributed by atoms with van der Waals surface area (Å²) in [7, 11) is 0. The number of carbonyl (C=O) groups is 1. The SMILES string of the molecule is CCn1nc2c(-c3ccc(Cl)cc3)c(-c3ccc(Cl)cc3)nc(N[C@H]3C[C@@]34CCN(C(=O)OC(C)(C)C)C4)n2c1=O. The summed E-state index contributed by atoms with van der Waals surface area (Å²) in [6.45, 7) is 9.14. The van der Waals surface area contributed by atoms with E-state index < -0.39 is 5.60 Å². The zero-order valence-corrected chi connectivity index (χ0v) is 25.0. The van der Waals surface area contributed by atoms with Gasteiger partial charge in [0.05, 0.1) is 11.3 Å². The largest absolute Gasteiger partial charge is 0.444 e. The lowest BCUT2D eigenvalue weighted by molar-refractivity contribution is 0.0285. The Hall–Kier alpha value is -3.56. The minimum absolute atomic E-state index is 0.0435. The Morgan fingerprint density at radius 1 is 1.07 bits per heavy atom. The van der Waals surface area contributed by atoms with Crippen molar-refractivity contribution >= 4 is 40.9 Å². The van der Waals surface area contributed by atoms with Crippen LogP contribution in [0.15, 0.2) is 53.3 Å². The molecule has 1 saturated heterocycles. The number of aromatic nitrogens is 4. The predicted octanol–water partition coefficient (Wildman–Crippen LogP) is 6.36. The van der Waals surface area contributed by atoms with Crippen LogP contribution in [-0.4, -0.2) is 54.9 Å². The Morgan fingerprint density at radius 3 is 2.32 bits per heavy atom. The molecule has 11 heteroatoms. The molecule has 4 aromatic rings. The summed E-state index contributed by atoms with van der Waals surface area (Å²) < 4.78 is 8.60. The van der Waals surface area contributed by atoms with Crippen LogP contribution in [0.1, 0.15) is 40.5 Å². The lowest BCUT2D eigenvalue weighted by atomic mass is 10.00. The summed E-state index contributed by atoms with van der Waals surface area (Å²) in [6, 6.07) is 14.9. The van der Waals surface area contributed by atoms with Crippen LogP contribution >= 0.6 is 23.2 Å². The molecular weight excluding hydrogens is 563 g/mol. The fraction of sp³-hybridized carbons (Fsp3) is 0.400. The Kier molecular flexibility index (Phi) is 6.77. The van der Waals surface area contributed by atoms with E-state index in [4.69, 9.17) is 38.0 Å². The van der Waals surface area contributed by atoms with Crippen molar-refractivity contribution in [2.75, 3.05) is 18.4 Å². The van der Waals surface area contributed by atoms with Gasteiger partial charge >= 0.3 is 11.8 Å². The summed E-state index contributed by atoms with van der Waals surface area (Å²) in [5.41, 5.74) is 2.66. The molecule has 2 aliphatic rings. The third kappa shape index (κ3) is 5.17. The number of hydrogen-bond acceptors (Lipinski definition) is 6. The van der Waals surface area contributed by atoms with Crippen LogP contribution in [0.2, 0.25) is 10.0 Å². The van der Waals surface area contributed by atoms with Crippen molar-refractivity contribution in [2.45, 2.75) is 58.7 Å². The highest BCUT2D eigenvalue weighted by Gasteiger charge is 2.59. The van der Waals surface area contributed by atoms with E-state index >= 15 is 0 Å². The van der Waals surface area contributed by atoms with E-state index in [9.17, 15) is 9.59 Å². The normalized spacial score (nSPS) is 20.1. The van der Waals surface area contributed by atoms with Crippen molar-refractivity contribution in [1.29, 1.82) is 0 Å². The van der Waals surface area contributed by atoms with Gasteiger partial charge in [-0.05, 0) is 70.4 Å². The quantitative estimate of drug-likeness (QED) is 0.289. The number of carbonyl (C=O) groups excluding carboxylic acids is 1. The van der Waals surface area contributed by atoms with E-state index in [-0.39, 0.29) is 23.2 Å². The molecule has 6 rings (SSSR count). The number of nitrogens with zero attached hydrogens (tertiary/aromatic N) is 5. The molecule has 9 nitrogen and oxygen atoms in total. The summed E-state index contributed by atoms with van der Waals surface area (Å²) in [6.07, 6.45) is 1.42. The van der Waals surface area contributed by atoms with Crippen LogP contribution in [0.4, 0.5) is 10.7 Å². The van der Waals surface area contributed by atoms with Gasteiger partial charge < -0.3 is 15.0 Å². The zero-order chi connectivity index (χ0) is 29.1. The van der Waals surface area contributed by atoms with Crippen molar-refractivity contribution in [3.8, 4) is 22.4 Å². The van der Waals surface area contributed by atoms with Gasteiger partial charge in [0.15, 0.2) is 5.65 Å². The standard InChI is InChI=1S/C30H32Cl2N6O3/c1-5-37-27(39)38-25(35-37)23(18-6-10-20(31)11-7-18)24(19-8-12-21(32)13-9-19)34-26(38)33-22-16-30(22)14-15-36(17-30)28(40)41-29(2,3)4/h6-13,22H,5,14-17H2,1-4H3,(H,33,34)/t22-,30+/m0/s1. The van der Waals surface area contributed by atoms with Crippen molar-refractivity contribution in [3.63, 3.8) is 0 Å². The molecule has 1 saturated carbocycles. The fourth-order valence-corrected chi connectivity index (χ4v) is 5.87. The summed E-state index contributed by atoms with van der Waals surface area (Å²) in [4.78, 5) is 33.1. The lowest BCUT2D eigenvalue weighted by Crippen LogP contribution is -2.36. The van der Waals surface area contributed by atoms with Gasteiger partial charge in [-0.1, -0.05) is 47.5 Å². The molecule has 0 radical (unpaired) electrons. The van der Waals surface area contributed by atoms with Crippen LogP contribution in [0.5, 0.6) is 0 Å². The molecule has 1 spiro atoms. The first kappa shape index (κ1) is 27.6. The molecule has 0 unspecified atom stereocenters. The van der Waals surface area contributed by atoms with Gasteiger partial charge in [-0.3, -0.25) is 0 Å². The predicted molar refractivity (Wildman–Crippen MR) is 161 cm³/mol. The number of benzene rings is 2. The number of nitrogens with one attached hydrogen (secondary N) is 1. The molecule has 2 fully saturated rings. The van der Waals surface area contributed by atoms with E-state index in [0.29, 0.717) is 47.0 Å². The van der Waals surface area contributed by atoms with Crippen molar-refractivity contribution in [2.24, 2.45) is 5.41 Å². The Labute approximate surface area is 248 Å². The third-order valence-corrected chi connectivity index (χ3v) is 8.31. The van der Waals surface area contributed by atoms with Gasteiger partial charge in [0.25, 0.3) is 0 Å². The summed E-state index contributed by atoms with van der Waals surface area (Å²) >= 11 is 12.4. The van der Waals surface area contributed by atoms with Crippen LogP contribution in [-0.2, 0) is 11.3 Å². The highest BCUT2D eigenvalue weighted by molar-refractivity contribution is 6.31. The molecule has 1 aliphatic carbocycles. The smallest absolute Gasteiger partial charge is 0.410 e. The van der Waals surface area contributed by atoms with Gasteiger partial charge in [-0.25, -0.2) is 23.7 Å². The third-order valence-electron chi connectivity index (χ3n) is 7.81. The van der Waals surface area contributed by atoms with Crippen molar-refractivity contribution in [1.82, 2.24) is 24.1 Å². The van der Waals surface area contributed by atoms with E-state index in [2.05, 4.69) is 5.32 Å². The first-order valence-electron chi connectivity index (χ1n) is 13.8. The maximum Gasteiger partial charge on any atom is 0.410 e. The molecule has 1 amide bonds. The number of halogens is 2. The second-order valence-electron chi connectivity index (χ2n) is 11.8. The number of hydrogen-bond donors (Lipinski definition) is 1. The summed E-state index contributed by atoms with van der Waals surface area (Å²) in [5.74, 6) is 0.421. The molecule has 0 bridgehead atoms. The molecule has 3 heterocycles. The second kappa shape index (κ2) is 10.1. The number of anilines is 1. The molecule has 2 aromatic heterocycles. The monoisotopic (exact) mass is 594 g/mol. The van der Waals surface area contributed by atoms with Gasteiger partial charge in [0.2, 0.25) is 5.95 Å². The van der Waals surface area contributed by atoms with Gasteiger partial charge in [-0.15, -0.1) is 5.10 Å². The molecular formula is C30H32Cl2N6O3. The number of likely N-dealkylation sites (tertiary alicyclic amines) is 1. The average molecular weight is 596 g/mol. The van der Waals surface area contributed by atoms with Crippen LogP contribution < -0.4 is 11.0 Å². The zero-order valence-electron chi connectivity index (χ0n) is 23.4. The number of ether oxygens (including phenoxy) is 1. The van der Waals surface area contributed by atoms with Crippen LogP contribution in [0.3, 0.4) is 0 Å². The van der Waals surface area contributed by atoms with Gasteiger partial charge in [0.1, 0.15) is 5.60 Å². The lowest BCUT2D eigenvalue weighted by Gasteiger charge is -2.24. The van der Waals surface area contributed by atoms with Crippen LogP contribution in [0.25, 0.3) is 28.0 Å². The Bertz CT molecular complexity index is 1690. The average Bonchev–Trinajstić information content (AvgIpc) is 3.23. The van der Waals surface area contributed by atoms with Crippen molar-refractivity contribution in [3.05, 3.63) is 69.1 Å². The van der Waals surface area contributed by atoms with Crippen molar-refractivity contribution < 1.29 is 9.53 Å². The fourth-order valence-electron chi connectivity index (χ4n) is 5.62. The Balaban J connectivity index is 1.43.